The number of rotatable bonds is 6. The third-order valence-corrected chi connectivity index (χ3v) is 4.09. The van der Waals surface area contributed by atoms with Crippen LogP contribution in [0.5, 0.6) is 11.5 Å². The quantitative estimate of drug-likeness (QED) is 0.610. The van der Waals surface area contributed by atoms with Gasteiger partial charge < -0.3 is 14.8 Å². The minimum absolute atomic E-state index is 0.105. The lowest BCUT2D eigenvalue weighted by Crippen LogP contribution is -2.22. The van der Waals surface area contributed by atoms with Crippen LogP contribution in [0.25, 0.3) is 0 Å². The highest BCUT2D eigenvalue weighted by Gasteiger charge is 2.24. The average molecular weight is 386 g/mol. The SMILES string of the molecule is COc1ccc(C(NC=O)c2ccc(F)c(Br)c2F)c(OC)c1. The van der Waals surface area contributed by atoms with E-state index in [9.17, 15) is 13.6 Å². The van der Waals surface area contributed by atoms with Crippen molar-refractivity contribution in [2.24, 2.45) is 0 Å². The van der Waals surface area contributed by atoms with Crippen molar-refractivity contribution in [1.82, 2.24) is 5.32 Å². The zero-order valence-electron chi connectivity index (χ0n) is 12.4. The summed E-state index contributed by atoms with van der Waals surface area (Å²) in [5.74, 6) is -0.556. The van der Waals surface area contributed by atoms with Gasteiger partial charge in [0.15, 0.2) is 0 Å². The molecular weight excluding hydrogens is 372 g/mol. The molecule has 7 heteroatoms. The van der Waals surface area contributed by atoms with Crippen molar-refractivity contribution in [2.45, 2.75) is 6.04 Å². The maximum absolute atomic E-state index is 14.4. The van der Waals surface area contributed by atoms with E-state index in [1.54, 1.807) is 18.2 Å². The number of hydrogen-bond acceptors (Lipinski definition) is 3. The van der Waals surface area contributed by atoms with Crippen LogP contribution in [0.15, 0.2) is 34.8 Å². The molecule has 1 amide bonds. The van der Waals surface area contributed by atoms with Crippen molar-refractivity contribution in [3.05, 3.63) is 57.6 Å². The molecule has 1 unspecified atom stereocenters. The molecule has 122 valence electrons. The zero-order chi connectivity index (χ0) is 17.0. The Morgan fingerprint density at radius 1 is 1.13 bits per heavy atom. The van der Waals surface area contributed by atoms with Crippen LogP contribution >= 0.6 is 15.9 Å². The first-order chi connectivity index (χ1) is 11.0. The maximum Gasteiger partial charge on any atom is 0.207 e. The lowest BCUT2D eigenvalue weighted by atomic mass is 9.97. The number of nitrogens with one attached hydrogen (secondary N) is 1. The lowest BCUT2D eigenvalue weighted by molar-refractivity contribution is -0.110. The number of hydrogen-bond donors (Lipinski definition) is 1. The van der Waals surface area contributed by atoms with Crippen molar-refractivity contribution in [3.63, 3.8) is 0 Å². The highest BCUT2D eigenvalue weighted by atomic mass is 79.9. The van der Waals surface area contributed by atoms with Crippen molar-refractivity contribution in [1.29, 1.82) is 0 Å². The summed E-state index contributed by atoms with van der Waals surface area (Å²) in [6, 6.07) is 6.48. The number of methoxy groups -OCH3 is 2. The van der Waals surface area contributed by atoms with E-state index in [0.717, 1.165) is 6.07 Å². The second-order valence-corrected chi connectivity index (χ2v) is 5.38. The molecule has 0 aliphatic rings. The Kier molecular flexibility index (Phi) is 5.54. The van der Waals surface area contributed by atoms with Crippen LogP contribution in [0.4, 0.5) is 8.78 Å². The first kappa shape index (κ1) is 17.2. The lowest BCUT2D eigenvalue weighted by Gasteiger charge is -2.21. The Balaban J connectivity index is 2.59. The molecule has 0 saturated carbocycles. The molecule has 1 atom stereocenters. The van der Waals surface area contributed by atoms with Crippen LogP contribution in [0, 0.1) is 11.6 Å². The van der Waals surface area contributed by atoms with Gasteiger partial charge in [-0.15, -0.1) is 0 Å². The molecule has 4 nitrogen and oxygen atoms in total. The second-order valence-electron chi connectivity index (χ2n) is 4.59. The number of carbonyl (C=O) groups is 1. The molecule has 1 N–H and O–H groups in total. The molecule has 2 rings (SSSR count). The third kappa shape index (κ3) is 3.44. The smallest absolute Gasteiger partial charge is 0.207 e. The van der Waals surface area contributed by atoms with Gasteiger partial charge in [-0.05, 0) is 34.1 Å². The predicted molar refractivity (Wildman–Crippen MR) is 84.6 cm³/mol. The molecule has 0 spiro atoms. The molecule has 2 aromatic rings. The van der Waals surface area contributed by atoms with E-state index in [4.69, 9.17) is 9.47 Å². The molecule has 0 aliphatic heterocycles. The first-order valence-corrected chi connectivity index (χ1v) is 7.37. The molecule has 0 heterocycles. The van der Waals surface area contributed by atoms with Crippen LogP contribution in [0.1, 0.15) is 17.2 Å². The normalized spacial score (nSPS) is 11.7. The highest BCUT2D eigenvalue weighted by molar-refractivity contribution is 9.10. The fourth-order valence-corrected chi connectivity index (χ4v) is 2.60. The summed E-state index contributed by atoms with van der Waals surface area (Å²) in [4.78, 5) is 11.0. The monoisotopic (exact) mass is 385 g/mol. The largest absolute Gasteiger partial charge is 0.497 e. The third-order valence-electron chi connectivity index (χ3n) is 3.36. The van der Waals surface area contributed by atoms with Crippen LogP contribution in [-0.4, -0.2) is 20.6 Å². The standard InChI is InChI=1S/C16H14BrF2NO3/c1-22-9-3-4-10(13(7-9)23-2)16(20-8-21)11-5-6-12(18)14(17)15(11)19/h3-8,16H,1-2H3,(H,20,21). The van der Waals surface area contributed by atoms with Gasteiger partial charge in [0, 0.05) is 17.2 Å². The molecule has 0 saturated heterocycles. The van der Waals surface area contributed by atoms with Crippen molar-refractivity contribution in [3.8, 4) is 11.5 Å². The molecule has 0 aromatic heterocycles. The summed E-state index contributed by atoms with van der Waals surface area (Å²) in [7, 11) is 2.96. The number of halogens is 3. The van der Waals surface area contributed by atoms with Crippen molar-refractivity contribution >= 4 is 22.3 Å². The van der Waals surface area contributed by atoms with Crippen LogP contribution < -0.4 is 14.8 Å². The Morgan fingerprint density at radius 3 is 2.43 bits per heavy atom. The molecule has 0 aliphatic carbocycles. The molecule has 0 fully saturated rings. The zero-order valence-corrected chi connectivity index (χ0v) is 14.0. The van der Waals surface area contributed by atoms with Crippen molar-refractivity contribution < 1.29 is 23.0 Å². The molecule has 2 aromatic carbocycles. The van der Waals surface area contributed by atoms with E-state index in [1.807, 2.05) is 0 Å². The number of benzene rings is 2. The van der Waals surface area contributed by atoms with E-state index in [0.29, 0.717) is 23.5 Å². The fourth-order valence-electron chi connectivity index (χ4n) is 2.24. The van der Waals surface area contributed by atoms with E-state index < -0.39 is 17.7 Å². The van der Waals surface area contributed by atoms with Gasteiger partial charge in [-0.25, -0.2) is 8.78 Å². The summed E-state index contributed by atoms with van der Waals surface area (Å²) in [5, 5.41) is 2.53. The van der Waals surface area contributed by atoms with Crippen LogP contribution in [0.2, 0.25) is 0 Å². The molecule has 0 radical (unpaired) electrons. The summed E-state index contributed by atoms with van der Waals surface area (Å²) in [5.41, 5.74) is 0.617. The molecule has 23 heavy (non-hydrogen) atoms. The van der Waals surface area contributed by atoms with Gasteiger partial charge in [0.05, 0.1) is 24.7 Å². The first-order valence-electron chi connectivity index (χ1n) is 6.58. The minimum atomic E-state index is -0.842. The number of amides is 1. The van der Waals surface area contributed by atoms with E-state index in [1.165, 1.54) is 20.3 Å². The van der Waals surface area contributed by atoms with Crippen LogP contribution in [-0.2, 0) is 4.79 Å². The topological polar surface area (TPSA) is 47.6 Å². The Bertz CT molecular complexity index is 725. The molecular formula is C16H14BrF2NO3. The van der Waals surface area contributed by atoms with Gasteiger partial charge in [-0.1, -0.05) is 6.07 Å². The summed E-state index contributed by atoms with van der Waals surface area (Å²) < 4.78 is 37.9. The van der Waals surface area contributed by atoms with Gasteiger partial charge in [0.25, 0.3) is 0 Å². The van der Waals surface area contributed by atoms with Gasteiger partial charge >= 0.3 is 0 Å². The Hall–Kier alpha value is -2.15. The predicted octanol–water partition coefficient (Wildman–Crippen LogP) is 3.58. The maximum atomic E-state index is 14.4. The van der Waals surface area contributed by atoms with E-state index in [2.05, 4.69) is 21.2 Å². The average Bonchev–Trinajstić information content (AvgIpc) is 2.58. The fraction of sp³-hybridized carbons (Fsp3) is 0.188. The summed E-state index contributed by atoms with van der Waals surface area (Å²) >= 11 is 2.86. The van der Waals surface area contributed by atoms with Crippen molar-refractivity contribution in [2.75, 3.05) is 14.2 Å². The van der Waals surface area contributed by atoms with Gasteiger partial charge in [0.2, 0.25) is 6.41 Å². The second kappa shape index (κ2) is 7.41. The minimum Gasteiger partial charge on any atom is -0.497 e. The van der Waals surface area contributed by atoms with E-state index >= 15 is 0 Å². The van der Waals surface area contributed by atoms with E-state index in [-0.39, 0.29) is 10.0 Å². The van der Waals surface area contributed by atoms with Crippen LogP contribution in [0.3, 0.4) is 0 Å². The Morgan fingerprint density at radius 2 is 1.83 bits per heavy atom. The Labute approximate surface area is 140 Å². The summed E-state index contributed by atoms with van der Waals surface area (Å²) in [6.45, 7) is 0. The summed E-state index contributed by atoms with van der Waals surface area (Å²) in [6.07, 6.45) is 0.449. The van der Waals surface area contributed by atoms with Gasteiger partial charge in [0.1, 0.15) is 23.1 Å². The number of carbonyl (C=O) groups excluding carboxylic acids is 1. The van der Waals surface area contributed by atoms with Gasteiger partial charge in [-0.2, -0.15) is 0 Å². The molecule has 0 bridgehead atoms. The highest BCUT2D eigenvalue weighted by Crippen LogP contribution is 2.35. The number of ether oxygens (including phenoxy) is 2. The van der Waals surface area contributed by atoms with Gasteiger partial charge in [-0.3, -0.25) is 4.79 Å².